The van der Waals surface area contributed by atoms with Crippen molar-refractivity contribution in [3.8, 4) is 0 Å². The Kier molecular flexibility index (Phi) is 5.72. The summed E-state index contributed by atoms with van der Waals surface area (Å²) in [7, 11) is 2.23. The van der Waals surface area contributed by atoms with Crippen molar-refractivity contribution in [1.29, 1.82) is 0 Å². The maximum Gasteiger partial charge on any atom is 0.0414 e. The Labute approximate surface area is 133 Å². The van der Waals surface area contributed by atoms with Gasteiger partial charge in [-0.15, -0.1) is 0 Å². The lowest BCUT2D eigenvalue weighted by atomic mass is 10.1. The number of hydrogen-bond donors (Lipinski definition) is 0. The summed E-state index contributed by atoms with van der Waals surface area (Å²) in [5.74, 6) is 0. The summed E-state index contributed by atoms with van der Waals surface area (Å²) in [4.78, 5) is 5.03. The number of alkyl halides is 1. The topological polar surface area (TPSA) is 6.48 Å². The highest BCUT2D eigenvalue weighted by molar-refractivity contribution is 9.10. The van der Waals surface area contributed by atoms with Crippen LogP contribution in [0.4, 0.5) is 5.69 Å². The van der Waals surface area contributed by atoms with Gasteiger partial charge in [0.25, 0.3) is 0 Å². The molecule has 1 aliphatic rings. The lowest BCUT2D eigenvalue weighted by Crippen LogP contribution is -2.39. The molecule has 0 saturated carbocycles. The maximum atomic E-state index is 3.68. The number of nitrogens with zero attached hydrogens (tertiary/aromatic N) is 2. The largest absolute Gasteiger partial charge is 0.367 e. The molecule has 19 heavy (non-hydrogen) atoms. The second-order valence-corrected chi connectivity index (χ2v) is 6.70. The quantitative estimate of drug-likeness (QED) is 0.712. The summed E-state index contributed by atoms with van der Waals surface area (Å²) in [6.45, 7) is 5.81. The van der Waals surface area contributed by atoms with E-state index >= 15 is 0 Å². The molecule has 0 aliphatic carbocycles. The molecule has 106 valence electrons. The average Bonchev–Trinajstić information content (AvgIpc) is 2.60. The molecule has 1 aromatic rings. The third kappa shape index (κ3) is 3.73. The van der Waals surface area contributed by atoms with E-state index in [9.17, 15) is 0 Å². The Balaban J connectivity index is 2.25. The van der Waals surface area contributed by atoms with E-state index in [1.165, 1.54) is 35.1 Å². The minimum Gasteiger partial charge on any atom is -0.367 e. The van der Waals surface area contributed by atoms with Crippen LogP contribution in [0.15, 0.2) is 22.7 Å². The zero-order valence-corrected chi connectivity index (χ0v) is 14.9. The normalized spacial score (nSPS) is 21.5. The summed E-state index contributed by atoms with van der Waals surface area (Å²) >= 11 is 7.20. The highest BCUT2D eigenvalue weighted by Gasteiger charge is 2.22. The van der Waals surface area contributed by atoms with Gasteiger partial charge in [-0.1, -0.05) is 44.8 Å². The van der Waals surface area contributed by atoms with Crippen LogP contribution in [0.25, 0.3) is 0 Å². The van der Waals surface area contributed by atoms with Crippen molar-refractivity contribution in [2.75, 3.05) is 31.6 Å². The monoisotopic (exact) mass is 388 g/mol. The summed E-state index contributed by atoms with van der Waals surface area (Å²) in [6.07, 6.45) is 2.44. The predicted molar refractivity (Wildman–Crippen MR) is 90.3 cm³/mol. The van der Waals surface area contributed by atoms with Crippen molar-refractivity contribution in [1.82, 2.24) is 4.90 Å². The number of benzene rings is 1. The van der Waals surface area contributed by atoms with Crippen molar-refractivity contribution < 1.29 is 0 Å². The van der Waals surface area contributed by atoms with Crippen molar-refractivity contribution in [2.24, 2.45) is 0 Å². The number of anilines is 1. The molecule has 0 bridgehead atoms. The molecule has 0 radical (unpaired) electrons. The average molecular weight is 390 g/mol. The van der Waals surface area contributed by atoms with Gasteiger partial charge in [0, 0.05) is 34.6 Å². The van der Waals surface area contributed by atoms with Gasteiger partial charge in [-0.3, -0.25) is 0 Å². The van der Waals surface area contributed by atoms with Gasteiger partial charge in [-0.25, -0.2) is 0 Å². The predicted octanol–water partition coefficient (Wildman–Crippen LogP) is 4.26. The first-order chi connectivity index (χ1) is 9.15. The van der Waals surface area contributed by atoms with Gasteiger partial charge < -0.3 is 9.80 Å². The van der Waals surface area contributed by atoms with Crippen LogP contribution < -0.4 is 4.90 Å². The molecule has 1 fully saturated rings. The Hall–Kier alpha value is -0.0600. The number of likely N-dealkylation sites (N-methyl/N-ethyl adjacent to an activating group) is 1. The van der Waals surface area contributed by atoms with Gasteiger partial charge in [-0.2, -0.15) is 0 Å². The van der Waals surface area contributed by atoms with E-state index < -0.39 is 0 Å². The number of rotatable bonds is 3. The van der Waals surface area contributed by atoms with Crippen molar-refractivity contribution in [3.05, 3.63) is 28.2 Å². The molecule has 1 aliphatic heterocycles. The minimum atomic E-state index is 0.620. The third-order valence-electron chi connectivity index (χ3n) is 3.89. The highest BCUT2D eigenvalue weighted by atomic mass is 79.9. The van der Waals surface area contributed by atoms with Crippen molar-refractivity contribution in [3.63, 3.8) is 0 Å². The summed E-state index contributed by atoms with van der Waals surface area (Å²) < 4.78 is 1.20. The SMILES string of the molecule is CCC1CN(C)CCCN1c1ccc(CBr)c(Br)c1. The molecule has 0 aromatic heterocycles. The zero-order valence-electron chi connectivity index (χ0n) is 11.7. The van der Waals surface area contributed by atoms with Crippen LogP contribution in [-0.2, 0) is 5.33 Å². The fourth-order valence-electron chi connectivity index (χ4n) is 2.76. The van der Waals surface area contributed by atoms with Crippen molar-refractivity contribution >= 4 is 37.5 Å². The van der Waals surface area contributed by atoms with Crippen LogP contribution >= 0.6 is 31.9 Å². The summed E-state index contributed by atoms with van der Waals surface area (Å²) in [5.41, 5.74) is 2.66. The van der Waals surface area contributed by atoms with Crippen LogP contribution in [0.1, 0.15) is 25.3 Å². The molecule has 2 rings (SSSR count). The van der Waals surface area contributed by atoms with E-state index in [0.29, 0.717) is 6.04 Å². The van der Waals surface area contributed by atoms with Crippen LogP contribution in [0.5, 0.6) is 0 Å². The van der Waals surface area contributed by atoms with Crippen LogP contribution in [-0.4, -0.2) is 37.6 Å². The second-order valence-electron chi connectivity index (χ2n) is 5.28. The smallest absolute Gasteiger partial charge is 0.0414 e. The van der Waals surface area contributed by atoms with E-state index in [0.717, 1.165) is 18.4 Å². The number of hydrogen-bond acceptors (Lipinski definition) is 2. The fraction of sp³-hybridized carbons (Fsp3) is 0.600. The second kappa shape index (κ2) is 7.09. The lowest BCUT2D eigenvalue weighted by molar-refractivity contribution is 0.328. The molecule has 1 heterocycles. The van der Waals surface area contributed by atoms with Crippen molar-refractivity contribution in [2.45, 2.75) is 31.1 Å². The first-order valence-corrected chi connectivity index (χ1v) is 8.86. The van der Waals surface area contributed by atoms with Gasteiger partial charge in [0.1, 0.15) is 0 Å². The van der Waals surface area contributed by atoms with Crippen LogP contribution in [0.3, 0.4) is 0 Å². The van der Waals surface area contributed by atoms with Gasteiger partial charge in [0.05, 0.1) is 0 Å². The molecule has 1 saturated heterocycles. The molecule has 1 aromatic carbocycles. The molecule has 4 heteroatoms. The Morgan fingerprint density at radius 2 is 2.11 bits per heavy atom. The van der Waals surface area contributed by atoms with E-state index in [4.69, 9.17) is 0 Å². The van der Waals surface area contributed by atoms with E-state index in [1.54, 1.807) is 0 Å². The molecular weight excluding hydrogens is 368 g/mol. The molecular formula is C15H22Br2N2. The minimum absolute atomic E-state index is 0.620. The standard InChI is InChI=1S/C15H22Br2N2/c1-3-13-11-18(2)7-4-8-19(13)14-6-5-12(10-16)15(17)9-14/h5-6,9,13H,3-4,7-8,10-11H2,1-2H3. The summed E-state index contributed by atoms with van der Waals surface area (Å²) in [5, 5.41) is 0.897. The van der Waals surface area contributed by atoms with E-state index in [1.807, 2.05) is 0 Å². The first kappa shape index (κ1) is 15.3. The Morgan fingerprint density at radius 3 is 2.74 bits per heavy atom. The molecule has 0 spiro atoms. The third-order valence-corrected chi connectivity index (χ3v) is 5.23. The van der Waals surface area contributed by atoms with Crippen LogP contribution in [0, 0.1) is 0 Å². The lowest BCUT2D eigenvalue weighted by Gasteiger charge is -2.32. The fourth-order valence-corrected chi connectivity index (χ4v) is 4.13. The molecule has 1 atom stereocenters. The van der Waals surface area contributed by atoms with Gasteiger partial charge in [-0.05, 0) is 44.1 Å². The number of halogens is 2. The zero-order chi connectivity index (χ0) is 13.8. The Morgan fingerprint density at radius 1 is 1.32 bits per heavy atom. The van der Waals surface area contributed by atoms with Gasteiger partial charge >= 0.3 is 0 Å². The Bertz CT molecular complexity index is 423. The van der Waals surface area contributed by atoms with E-state index in [2.05, 4.69) is 73.8 Å². The van der Waals surface area contributed by atoms with E-state index in [-0.39, 0.29) is 0 Å². The summed E-state index contributed by atoms with van der Waals surface area (Å²) in [6, 6.07) is 7.37. The van der Waals surface area contributed by atoms with Crippen LogP contribution in [0.2, 0.25) is 0 Å². The highest BCUT2D eigenvalue weighted by Crippen LogP contribution is 2.28. The first-order valence-electron chi connectivity index (χ1n) is 6.95. The molecule has 0 N–H and O–H groups in total. The van der Waals surface area contributed by atoms with Gasteiger partial charge in [0.15, 0.2) is 0 Å². The maximum absolute atomic E-state index is 3.68. The van der Waals surface area contributed by atoms with Gasteiger partial charge in [0.2, 0.25) is 0 Å². The molecule has 0 amide bonds. The molecule has 1 unspecified atom stereocenters. The molecule has 2 nitrogen and oxygen atoms in total.